The molecule has 9 heavy (non-hydrogen) atoms. The second-order valence-electron chi connectivity index (χ2n) is 1.43. The average molecular weight is 196 g/mol. The summed E-state index contributed by atoms with van der Waals surface area (Å²) < 4.78 is 4.86. The van der Waals surface area contributed by atoms with Crippen LogP contribution in [0.5, 0.6) is 5.75 Å². The zero-order chi connectivity index (χ0) is 5.82. The van der Waals surface area contributed by atoms with Crippen molar-refractivity contribution in [2.75, 3.05) is 7.11 Å². The van der Waals surface area contributed by atoms with E-state index in [0.29, 0.717) is 0 Å². The van der Waals surface area contributed by atoms with Crippen molar-refractivity contribution >= 4 is 0 Å². The predicted octanol–water partition coefficient (Wildman–Crippen LogP) is 1.49. The molecule has 1 rings (SSSR count). The van der Waals surface area contributed by atoms with Gasteiger partial charge in [-0.25, -0.2) is 0 Å². The van der Waals surface area contributed by atoms with Gasteiger partial charge < -0.3 is 4.74 Å². The molecule has 0 unspecified atom stereocenters. The molecular weight excluding hydrogens is 189 g/mol. The molecule has 2 heteroatoms. The van der Waals surface area contributed by atoms with Gasteiger partial charge in [-0.1, -0.05) is 0 Å². The summed E-state index contributed by atoms with van der Waals surface area (Å²) in [4.78, 5) is 0. The van der Waals surface area contributed by atoms with E-state index in [4.69, 9.17) is 4.74 Å². The SMILES string of the molecule is COc1[c-]cccc1.[Y+3]. The minimum absolute atomic E-state index is 0. The number of methoxy groups -OCH3 is 1. The molecule has 1 nitrogen and oxygen atoms in total. The molecule has 0 spiro atoms. The van der Waals surface area contributed by atoms with E-state index in [9.17, 15) is 0 Å². The van der Waals surface area contributed by atoms with Gasteiger partial charge in [0.05, 0.1) is 7.11 Å². The van der Waals surface area contributed by atoms with Crippen LogP contribution in [-0.2, 0) is 32.7 Å². The van der Waals surface area contributed by atoms with E-state index in [-0.39, 0.29) is 32.7 Å². The molecular formula is C7H7OY+2. The Morgan fingerprint density at radius 2 is 2.22 bits per heavy atom. The smallest absolute Gasteiger partial charge is 0.523 e. The minimum atomic E-state index is 0. The van der Waals surface area contributed by atoms with Gasteiger partial charge in [-0.2, -0.15) is 18.2 Å². The predicted molar refractivity (Wildman–Crippen MR) is 31.8 cm³/mol. The van der Waals surface area contributed by atoms with Gasteiger partial charge in [0.15, 0.2) is 0 Å². The van der Waals surface area contributed by atoms with Crippen molar-refractivity contribution < 1.29 is 37.4 Å². The maximum absolute atomic E-state index is 4.86. The van der Waals surface area contributed by atoms with E-state index in [2.05, 4.69) is 6.07 Å². The summed E-state index contributed by atoms with van der Waals surface area (Å²) in [5, 5.41) is 0. The first-order valence-corrected chi connectivity index (χ1v) is 2.44. The Kier molecular flexibility index (Phi) is 5.02. The second-order valence-corrected chi connectivity index (χ2v) is 1.43. The summed E-state index contributed by atoms with van der Waals surface area (Å²) in [5.41, 5.74) is 0. The summed E-state index contributed by atoms with van der Waals surface area (Å²) in [6.45, 7) is 0. The number of para-hydroxylation sites is 1. The Morgan fingerprint density at radius 3 is 2.56 bits per heavy atom. The van der Waals surface area contributed by atoms with E-state index in [1.807, 2.05) is 24.3 Å². The van der Waals surface area contributed by atoms with Crippen LogP contribution < -0.4 is 4.74 Å². The summed E-state index contributed by atoms with van der Waals surface area (Å²) in [6.07, 6.45) is 0. The first-order chi connectivity index (χ1) is 3.93. The van der Waals surface area contributed by atoms with Crippen LogP contribution in [0.3, 0.4) is 0 Å². The standard InChI is InChI=1S/C7H7O.Y/c1-8-7-5-3-2-4-6-7;/h2-5H,1H3;/q-1;+3. The van der Waals surface area contributed by atoms with Gasteiger partial charge in [0, 0.05) is 5.75 Å². The summed E-state index contributed by atoms with van der Waals surface area (Å²) >= 11 is 0. The van der Waals surface area contributed by atoms with Crippen LogP contribution in [0.25, 0.3) is 0 Å². The maximum Gasteiger partial charge on any atom is 3.00 e. The Balaban J connectivity index is 0.000000640. The van der Waals surface area contributed by atoms with Crippen LogP contribution in [0.15, 0.2) is 24.3 Å². The molecule has 0 heterocycles. The Morgan fingerprint density at radius 1 is 1.44 bits per heavy atom. The number of rotatable bonds is 1. The summed E-state index contributed by atoms with van der Waals surface area (Å²) in [5.74, 6) is 0.785. The molecule has 1 aromatic rings. The number of benzene rings is 1. The van der Waals surface area contributed by atoms with Crippen molar-refractivity contribution in [3.63, 3.8) is 0 Å². The van der Waals surface area contributed by atoms with Crippen LogP contribution in [-0.4, -0.2) is 7.11 Å². The van der Waals surface area contributed by atoms with E-state index in [1.165, 1.54) is 0 Å². The summed E-state index contributed by atoms with van der Waals surface area (Å²) in [7, 11) is 1.63. The fraction of sp³-hybridized carbons (Fsp3) is 0.143. The monoisotopic (exact) mass is 196 g/mol. The third-order valence-electron chi connectivity index (χ3n) is 0.900. The van der Waals surface area contributed by atoms with Crippen LogP contribution in [0.1, 0.15) is 0 Å². The van der Waals surface area contributed by atoms with Gasteiger partial charge >= 0.3 is 32.7 Å². The molecule has 0 radical (unpaired) electrons. The van der Waals surface area contributed by atoms with Crippen LogP contribution in [0.4, 0.5) is 0 Å². The molecule has 1 aromatic carbocycles. The topological polar surface area (TPSA) is 9.23 Å². The van der Waals surface area contributed by atoms with Crippen molar-refractivity contribution in [3.8, 4) is 5.75 Å². The van der Waals surface area contributed by atoms with Gasteiger partial charge in [0.25, 0.3) is 0 Å². The molecule has 0 saturated heterocycles. The van der Waals surface area contributed by atoms with Gasteiger partial charge in [-0.05, 0) is 0 Å². The first-order valence-electron chi connectivity index (χ1n) is 2.44. The molecule has 0 aliphatic carbocycles. The Hall–Kier alpha value is 0.124. The zero-order valence-corrected chi connectivity index (χ0v) is 8.13. The van der Waals surface area contributed by atoms with Gasteiger partial charge in [0.2, 0.25) is 0 Å². The van der Waals surface area contributed by atoms with Crippen molar-refractivity contribution in [1.29, 1.82) is 0 Å². The van der Waals surface area contributed by atoms with Crippen LogP contribution in [0.2, 0.25) is 0 Å². The maximum atomic E-state index is 4.86. The van der Waals surface area contributed by atoms with E-state index in [0.717, 1.165) is 5.75 Å². The molecule has 0 aliphatic rings. The molecule has 0 fully saturated rings. The normalized spacial score (nSPS) is 7.67. The zero-order valence-electron chi connectivity index (χ0n) is 5.29. The minimum Gasteiger partial charge on any atom is -0.523 e. The Bertz CT molecular complexity index is 150. The third kappa shape index (κ3) is 2.97. The average Bonchev–Trinajstić information content (AvgIpc) is 1.90. The molecule has 0 aliphatic heterocycles. The first kappa shape index (κ1) is 9.12. The quantitative estimate of drug-likeness (QED) is 0.618. The van der Waals surface area contributed by atoms with Gasteiger partial charge in [0.1, 0.15) is 0 Å². The molecule has 0 N–H and O–H groups in total. The molecule has 0 bridgehead atoms. The molecule has 0 aromatic heterocycles. The van der Waals surface area contributed by atoms with Crippen molar-refractivity contribution in [1.82, 2.24) is 0 Å². The number of ether oxygens (including phenoxy) is 1. The van der Waals surface area contributed by atoms with Crippen molar-refractivity contribution in [2.45, 2.75) is 0 Å². The summed E-state index contributed by atoms with van der Waals surface area (Å²) in [6, 6.07) is 10.4. The van der Waals surface area contributed by atoms with E-state index < -0.39 is 0 Å². The second kappa shape index (κ2) is 4.95. The number of hydrogen-bond donors (Lipinski definition) is 0. The van der Waals surface area contributed by atoms with Crippen molar-refractivity contribution in [3.05, 3.63) is 30.3 Å². The van der Waals surface area contributed by atoms with Gasteiger partial charge in [-0.3, -0.25) is 0 Å². The Labute approximate surface area is 80.3 Å². The third-order valence-corrected chi connectivity index (χ3v) is 0.900. The fourth-order valence-corrected chi connectivity index (χ4v) is 0.504. The van der Waals surface area contributed by atoms with Crippen LogP contribution in [0, 0.1) is 6.07 Å². The molecule has 0 saturated carbocycles. The molecule has 0 amide bonds. The largest absolute Gasteiger partial charge is 3.00 e. The van der Waals surface area contributed by atoms with Crippen LogP contribution >= 0.6 is 0 Å². The van der Waals surface area contributed by atoms with E-state index >= 15 is 0 Å². The number of hydrogen-bond acceptors (Lipinski definition) is 1. The fourth-order valence-electron chi connectivity index (χ4n) is 0.504. The molecule has 0 atom stereocenters. The van der Waals surface area contributed by atoms with E-state index in [1.54, 1.807) is 7.11 Å². The van der Waals surface area contributed by atoms with Gasteiger partial charge in [-0.15, -0.1) is 12.1 Å². The molecule has 42 valence electrons. The van der Waals surface area contributed by atoms with Crippen molar-refractivity contribution in [2.24, 2.45) is 0 Å².